The van der Waals surface area contributed by atoms with Gasteiger partial charge in [-0.3, -0.25) is 0 Å². The third kappa shape index (κ3) is 3.32. The van der Waals surface area contributed by atoms with Crippen molar-refractivity contribution in [1.82, 2.24) is 5.32 Å². The minimum Gasteiger partial charge on any atom is -0.306 e. The lowest BCUT2D eigenvalue weighted by Gasteiger charge is -2.21. The predicted octanol–water partition coefficient (Wildman–Crippen LogP) is 5.45. The molecule has 19 heavy (non-hydrogen) atoms. The van der Waals surface area contributed by atoms with Crippen molar-refractivity contribution in [1.29, 1.82) is 0 Å². The Bertz CT molecular complexity index is 551. The number of hydrogen-bond acceptors (Lipinski definition) is 2. The molecule has 102 valence electrons. The maximum atomic E-state index is 6.37. The Hall–Kier alpha value is -0.540. The lowest BCUT2D eigenvalue weighted by molar-refractivity contribution is 0.598. The summed E-state index contributed by atoms with van der Waals surface area (Å²) in [7, 11) is 0. The summed E-state index contributed by atoms with van der Waals surface area (Å²) in [5.74, 6) is 0. The molecule has 0 aliphatic heterocycles. The Labute approximate surface area is 128 Å². The van der Waals surface area contributed by atoms with Crippen molar-refractivity contribution in [3.05, 3.63) is 55.7 Å². The summed E-state index contributed by atoms with van der Waals surface area (Å²) in [5.41, 5.74) is 2.33. The van der Waals surface area contributed by atoms with Crippen LogP contribution in [0, 0.1) is 6.92 Å². The summed E-state index contributed by atoms with van der Waals surface area (Å²) in [6.45, 7) is 5.24. The molecular formula is C15H17Cl2NS. The lowest BCUT2D eigenvalue weighted by Crippen LogP contribution is -2.23. The first-order chi connectivity index (χ1) is 9.15. The fraction of sp³-hybridized carbons (Fsp3) is 0.333. The average Bonchev–Trinajstić information content (AvgIpc) is 2.81. The molecule has 1 unspecified atom stereocenters. The van der Waals surface area contributed by atoms with Gasteiger partial charge in [0.1, 0.15) is 0 Å². The van der Waals surface area contributed by atoms with Crippen LogP contribution >= 0.6 is 34.5 Å². The van der Waals surface area contributed by atoms with Gasteiger partial charge in [0, 0.05) is 4.88 Å². The average molecular weight is 314 g/mol. The maximum absolute atomic E-state index is 6.37. The molecule has 0 bridgehead atoms. The summed E-state index contributed by atoms with van der Waals surface area (Å²) in [4.78, 5) is 1.31. The SMILES string of the molecule is CCCNC(c1ccsc1C)c1cccc(Cl)c1Cl. The van der Waals surface area contributed by atoms with E-state index >= 15 is 0 Å². The Morgan fingerprint density at radius 1 is 1.21 bits per heavy atom. The van der Waals surface area contributed by atoms with Crippen molar-refractivity contribution in [3.8, 4) is 0 Å². The highest BCUT2D eigenvalue weighted by Gasteiger charge is 2.19. The van der Waals surface area contributed by atoms with Crippen LogP contribution < -0.4 is 5.32 Å². The molecule has 0 saturated carbocycles. The van der Waals surface area contributed by atoms with Gasteiger partial charge in [-0.2, -0.15) is 0 Å². The van der Waals surface area contributed by atoms with E-state index in [0.717, 1.165) is 18.5 Å². The molecule has 1 N–H and O–H groups in total. The van der Waals surface area contributed by atoms with Crippen LogP contribution in [0.1, 0.15) is 35.4 Å². The van der Waals surface area contributed by atoms with E-state index in [4.69, 9.17) is 23.2 Å². The topological polar surface area (TPSA) is 12.0 Å². The van der Waals surface area contributed by atoms with Gasteiger partial charge in [-0.25, -0.2) is 0 Å². The molecule has 2 aromatic rings. The number of benzene rings is 1. The largest absolute Gasteiger partial charge is 0.306 e. The van der Waals surface area contributed by atoms with E-state index in [-0.39, 0.29) is 6.04 Å². The third-order valence-corrected chi connectivity index (χ3v) is 4.80. The van der Waals surface area contributed by atoms with Gasteiger partial charge in [0.05, 0.1) is 16.1 Å². The number of halogens is 2. The molecule has 0 spiro atoms. The summed E-state index contributed by atoms with van der Waals surface area (Å²) < 4.78 is 0. The highest BCUT2D eigenvalue weighted by atomic mass is 35.5. The molecule has 0 aliphatic rings. The fourth-order valence-corrected chi connectivity index (χ4v) is 3.27. The normalized spacial score (nSPS) is 12.6. The van der Waals surface area contributed by atoms with Crippen LogP contribution in [0.4, 0.5) is 0 Å². The molecule has 1 nitrogen and oxygen atoms in total. The van der Waals surface area contributed by atoms with Gasteiger partial charge in [-0.15, -0.1) is 11.3 Å². The molecule has 4 heteroatoms. The number of aryl methyl sites for hydroxylation is 1. The Kier molecular flexibility index (Phi) is 5.28. The lowest BCUT2D eigenvalue weighted by atomic mass is 9.99. The molecule has 1 heterocycles. The van der Waals surface area contributed by atoms with Gasteiger partial charge < -0.3 is 5.32 Å². The van der Waals surface area contributed by atoms with Gasteiger partial charge in [0.2, 0.25) is 0 Å². The van der Waals surface area contributed by atoms with Crippen LogP contribution in [0.15, 0.2) is 29.6 Å². The number of thiophene rings is 1. The minimum absolute atomic E-state index is 0.109. The maximum Gasteiger partial charge on any atom is 0.0643 e. The van der Waals surface area contributed by atoms with Gasteiger partial charge in [-0.1, -0.05) is 42.3 Å². The van der Waals surface area contributed by atoms with Gasteiger partial charge in [0.15, 0.2) is 0 Å². The van der Waals surface area contributed by atoms with Gasteiger partial charge in [-0.05, 0) is 48.5 Å². The second kappa shape index (κ2) is 6.76. The second-order valence-electron chi connectivity index (χ2n) is 4.46. The molecule has 1 atom stereocenters. The number of hydrogen-bond donors (Lipinski definition) is 1. The van der Waals surface area contributed by atoms with Crippen LogP contribution in [0.3, 0.4) is 0 Å². The summed E-state index contributed by atoms with van der Waals surface area (Å²) in [6, 6.07) is 8.08. The Balaban J connectivity index is 2.43. The van der Waals surface area contributed by atoms with Crippen LogP contribution in [0.5, 0.6) is 0 Å². The zero-order valence-electron chi connectivity index (χ0n) is 11.0. The minimum atomic E-state index is 0.109. The summed E-state index contributed by atoms with van der Waals surface area (Å²) in [5, 5.41) is 6.92. The zero-order chi connectivity index (χ0) is 13.8. The van der Waals surface area contributed by atoms with E-state index in [1.807, 2.05) is 18.2 Å². The van der Waals surface area contributed by atoms with E-state index in [1.54, 1.807) is 11.3 Å². The standard InChI is InChI=1S/C15H17Cl2NS/c1-3-8-18-15(11-7-9-19-10(11)2)12-5-4-6-13(16)14(12)17/h4-7,9,15,18H,3,8H2,1-2H3. The molecule has 0 amide bonds. The van der Waals surface area contributed by atoms with Crippen LogP contribution in [-0.2, 0) is 0 Å². The zero-order valence-corrected chi connectivity index (χ0v) is 13.4. The van der Waals surface area contributed by atoms with E-state index < -0.39 is 0 Å². The van der Waals surface area contributed by atoms with Gasteiger partial charge in [0.25, 0.3) is 0 Å². The van der Waals surface area contributed by atoms with E-state index in [1.165, 1.54) is 10.4 Å². The summed E-state index contributed by atoms with van der Waals surface area (Å²) in [6.07, 6.45) is 1.08. The monoisotopic (exact) mass is 313 g/mol. The summed E-state index contributed by atoms with van der Waals surface area (Å²) >= 11 is 14.3. The molecule has 2 rings (SSSR count). The Morgan fingerprint density at radius 3 is 2.63 bits per heavy atom. The van der Waals surface area contributed by atoms with Crippen molar-refractivity contribution in [2.45, 2.75) is 26.3 Å². The molecular weight excluding hydrogens is 297 g/mol. The van der Waals surface area contributed by atoms with E-state index in [0.29, 0.717) is 10.0 Å². The molecule has 0 fully saturated rings. The predicted molar refractivity (Wildman–Crippen MR) is 85.7 cm³/mol. The highest BCUT2D eigenvalue weighted by molar-refractivity contribution is 7.10. The van der Waals surface area contributed by atoms with Crippen molar-refractivity contribution < 1.29 is 0 Å². The van der Waals surface area contributed by atoms with Crippen molar-refractivity contribution in [3.63, 3.8) is 0 Å². The molecule has 1 aromatic carbocycles. The third-order valence-electron chi connectivity index (χ3n) is 3.10. The Morgan fingerprint density at radius 2 is 2.00 bits per heavy atom. The molecule has 1 aromatic heterocycles. The smallest absolute Gasteiger partial charge is 0.0643 e. The molecule has 0 radical (unpaired) electrons. The second-order valence-corrected chi connectivity index (χ2v) is 6.37. The van der Waals surface area contributed by atoms with Crippen molar-refractivity contribution in [2.24, 2.45) is 0 Å². The first kappa shape index (κ1) is 14.9. The quantitative estimate of drug-likeness (QED) is 0.773. The highest BCUT2D eigenvalue weighted by Crippen LogP contribution is 2.35. The number of rotatable bonds is 5. The first-order valence-electron chi connectivity index (χ1n) is 6.36. The first-order valence-corrected chi connectivity index (χ1v) is 8.00. The molecule has 0 aliphatic carbocycles. The van der Waals surface area contributed by atoms with Crippen molar-refractivity contribution >= 4 is 34.5 Å². The van der Waals surface area contributed by atoms with E-state index in [9.17, 15) is 0 Å². The van der Waals surface area contributed by atoms with Crippen LogP contribution in [0.25, 0.3) is 0 Å². The van der Waals surface area contributed by atoms with Gasteiger partial charge >= 0.3 is 0 Å². The fourth-order valence-electron chi connectivity index (χ4n) is 2.11. The van der Waals surface area contributed by atoms with E-state index in [2.05, 4.69) is 30.6 Å². The molecule has 0 saturated heterocycles. The van der Waals surface area contributed by atoms with Crippen molar-refractivity contribution in [2.75, 3.05) is 6.54 Å². The van der Waals surface area contributed by atoms with Crippen LogP contribution in [0.2, 0.25) is 10.0 Å². The van der Waals surface area contributed by atoms with Crippen LogP contribution in [-0.4, -0.2) is 6.54 Å². The number of nitrogens with one attached hydrogen (secondary N) is 1.